The number of imidazole rings is 1. The van der Waals surface area contributed by atoms with Crippen LogP contribution in [0, 0.1) is 18.6 Å². The van der Waals surface area contributed by atoms with Crippen molar-refractivity contribution in [1.82, 2.24) is 23.8 Å². The molecule has 11 heteroatoms. The van der Waals surface area contributed by atoms with E-state index in [0.29, 0.717) is 16.8 Å². The summed E-state index contributed by atoms with van der Waals surface area (Å²) in [6.07, 6.45) is 3.21. The van der Waals surface area contributed by atoms with E-state index in [4.69, 9.17) is 4.74 Å². The summed E-state index contributed by atoms with van der Waals surface area (Å²) in [6.45, 7) is 7.22. The lowest BCUT2D eigenvalue weighted by atomic mass is 10.0. The van der Waals surface area contributed by atoms with Gasteiger partial charge in [0.25, 0.3) is 5.56 Å². The number of pyridine rings is 1. The minimum atomic E-state index is -1.08. The first kappa shape index (κ1) is 24.8. The number of carbonyl (C=O) groups is 1. The van der Waals surface area contributed by atoms with E-state index in [2.05, 4.69) is 9.97 Å². The Morgan fingerprint density at radius 2 is 1.86 bits per heavy atom. The summed E-state index contributed by atoms with van der Waals surface area (Å²) in [7, 11) is 0. The van der Waals surface area contributed by atoms with Crippen molar-refractivity contribution in [3.63, 3.8) is 0 Å². The molecule has 1 aliphatic heterocycles. The maximum absolute atomic E-state index is 15.3. The lowest BCUT2D eigenvalue weighted by Crippen LogP contribution is -2.50. The van der Waals surface area contributed by atoms with Crippen molar-refractivity contribution in [3.8, 4) is 11.1 Å². The lowest BCUT2D eigenvalue weighted by Gasteiger charge is -2.37. The summed E-state index contributed by atoms with van der Waals surface area (Å²) in [5.41, 5.74) is 0.354. The predicted octanol–water partition coefficient (Wildman–Crippen LogP) is 3.84. The number of aliphatic hydroxyl groups excluding tert-OH is 1. The molecule has 1 saturated heterocycles. The number of benzene rings is 1. The van der Waals surface area contributed by atoms with E-state index in [1.807, 2.05) is 0 Å². The maximum Gasteiger partial charge on any atom is 0.410 e. The highest BCUT2D eigenvalue weighted by Crippen LogP contribution is 2.28. The van der Waals surface area contributed by atoms with E-state index in [0.717, 1.165) is 0 Å². The van der Waals surface area contributed by atoms with Gasteiger partial charge < -0.3 is 19.1 Å². The quantitative estimate of drug-likeness (QED) is 0.439. The number of aromatic nitrogens is 4. The molecule has 4 aromatic rings. The van der Waals surface area contributed by atoms with E-state index >= 15 is 4.39 Å². The zero-order chi connectivity index (χ0) is 26.6. The summed E-state index contributed by atoms with van der Waals surface area (Å²) < 4.78 is 38.0. The summed E-state index contributed by atoms with van der Waals surface area (Å²) in [4.78, 5) is 35.4. The van der Waals surface area contributed by atoms with Crippen molar-refractivity contribution in [2.45, 2.75) is 51.9 Å². The topological polar surface area (TPSA) is 102 Å². The molecule has 194 valence electrons. The number of hydrogen-bond acceptors (Lipinski definition) is 6. The number of ether oxygens (including phenoxy) is 1. The molecule has 1 aliphatic rings. The van der Waals surface area contributed by atoms with Gasteiger partial charge in [0.2, 0.25) is 0 Å². The van der Waals surface area contributed by atoms with Crippen LogP contribution in [0.3, 0.4) is 0 Å². The van der Waals surface area contributed by atoms with E-state index < -0.39 is 41.0 Å². The number of fused-ring (bicyclic) bond motifs is 2. The van der Waals surface area contributed by atoms with Crippen LogP contribution in [0.2, 0.25) is 0 Å². The third-order valence-corrected chi connectivity index (χ3v) is 6.35. The van der Waals surface area contributed by atoms with Gasteiger partial charge in [-0.15, -0.1) is 0 Å². The van der Waals surface area contributed by atoms with Gasteiger partial charge in [-0.1, -0.05) is 0 Å². The molecule has 1 aromatic carbocycles. The molecule has 1 amide bonds. The molecular weight excluding hydrogens is 484 g/mol. The van der Waals surface area contributed by atoms with Crippen molar-refractivity contribution < 1.29 is 23.4 Å². The second kappa shape index (κ2) is 8.91. The van der Waals surface area contributed by atoms with Crippen molar-refractivity contribution >= 4 is 22.6 Å². The summed E-state index contributed by atoms with van der Waals surface area (Å²) >= 11 is 0. The van der Waals surface area contributed by atoms with Gasteiger partial charge in [0.05, 0.1) is 36.2 Å². The molecule has 4 heterocycles. The molecule has 5 rings (SSSR count). The van der Waals surface area contributed by atoms with Gasteiger partial charge in [0.1, 0.15) is 16.8 Å². The first-order valence-electron chi connectivity index (χ1n) is 11.9. The predicted molar refractivity (Wildman–Crippen MR) is 132 cm³/mol. The Kier molecular flexibility index (Phi) is 5.98. The van der Waals surface area contributed by atoms with Gasteiger partial charge in [-0.25, -0.2) is 23.5 Å². The average Bonchev–Trinajstić information content (AvgIpc) is 3.19. The van der Waals surface area contributed by atoms with Crippen LogP contribution in [0.5, 0.6) is 0 Å². The normalized spacial score (nSPS) is 18.5. The zero-order valence-electron chi connectivity index (χ0n) is 20.9. The number of rotatable bonds is 2. The third kappa shape index (κ3) is 4.66. The van der Waals surface area contributed by atoms with Gasteiger partial charge >= 0.3 is 6.09 Å². The molecular formula is C26H27F2N5O4. The third-order valence-electron chi connectivity index (χ3n) is 6.35. The molecule has 0 spiro atoms. The highest BCUT2D eigenvalue weighted by molar-refractivity contribution is 5.84. The fourth-order valence-corrected chi connectivity index (χ4v) is 4.69. The molecule has 3 aromatic heterocycles. The molecule has 0 bridgehead atoms. The number of aliphatic hydroxyl groups is 1. The molecule has 0 radical (unpaired) electrons. The van der Waals surface area contributed by atoms with Gasteiger partial charge in [-0.3, -0.25) is 9.36 Å². The fraction of sp³-hybridized carbons (Fsp3) is 0.385. The number of β-amino-alcohol motifs (C(OH)–C–C–N with tert-alkyl or cyclic N) is 1. The van der Waals surface area contributed by atoms with Gasteiger partial charge in [0.15, 0.2) is 11.5 Å². The Morgan fingerprint density at radius 1 is 1.14 bits per heavy atom. The zero-order valence-corrected chi connectivity index (χ0v) is 20.9. The Balaban J connectivity index is 1.46. The van der Waals surface area contributed by atoms with E-state index in [9.17, 15) is 19.1 Å². The Hall–Kier alpha value is -3.86. The number of likely N-dealkylation sites (tertiary alicyclic amines) is 1. The van der Waals surface area contributed by atoms with Crippen LogP contribution in [-0.4, -0.2) is 59.8 Å². The number of halogens is 2. The van der Waals surface area contributed by atoms with Crippen LogP contribution < -0.4 is 5.56 Å². The molecule has 0 unspecified atom stereocenters. The Bertz CT molecular complexity index is 1590. The van der Waals surface area contributed by atoms with E-state index in [-0.39, 0.29) is 36.1 Å². The molecule has 0 aliphatic carbocycles. The minimum absolute atomic E-state index is 0.0345. The fourth-order valence-electron chi connectivity index (χ4n) is 4.69. The second-order valence-electron chi connectivity index (χ2n) is 10.3. The highest BCUT2D eigenvalue weighted by Gasteiger charge is 2.34. The minimum Gasteiger partial charge on any atom is -0.444 e. The van der Waals surface area contributed by atoms with Crippen LogP contribution in [0.1, 0.15) is 38.9 Å². The van der Waals surface area contributed by atoms with Crippen LogP contribution >= 0.6 is 0 Å². The maximum atomic E-state index is 15.3. The Morgan fingerprint density at radius 3 is 2.57 bits per heavy atom. The van der Waals surface area contributed by atoms with Crippen LogP contribution in [0.4, 0.5) is 13.6 Å². The number of hydrogen-bond donors (Lipinski definition) is 1. The first-order valence-corrected chi connectivity index (χ1v) is 11.9. The number of nitrogens with zero attached hydrogens (tertiary/aromatic N) is 5. The molecule has 0 saturated carbocycles. The second-order valence-corrected chi connectivity index (χ2v) is 10.3. The highest BCUT2D eigenvalue weighted by atomic mass is 19.1. The summed E-state index contributed by atoms with van der Waals surface area (Å²) in [5.74, 6) is -1.36. The summed E-state index contributed by atoms with van der Waals surface area (Å²) in [6, 6.07) is 3.26. The molecule has 2 atom stereocenters. The van der Waals surface area contributed by atoms with Crippen LogP contribution in [0.25, 0.3) is 27.7 Å². The molecule has 37 heavy (non-hydrogen) atoms. The molecule has 1 N–H and O–H groups in total. The average molecular weight is 512 g/mol. The first-order chi connectivity index (χ1) is 17.4. The lowest BCUT2D eigenvalue weighted by molar-refractivity contribution is -0.0105. The standard InChI is InChI=1S/C26H27F2N5O4/c1-14-10-32-11-16(8-18(28)23(32)30-14)15-7-17(27)22-19(9-15)29-13-33(24(22)35)20-5-6-31(12-21(20)34)25(36)37-26(2,3)4/h7-11,13,20-21,34H,5-6,12H2,1-4H3/t20-,21-/m0/s1. The largest absolute Gasteiger partial charge is 0.444 e. The molecule has 9 nitrogen and oxygen atoms in total. The van der Waals surface area contributed by atoms with Crippen LogP contribution in [-0.2, 0) is 4.74 Å². The van der Waals surface area contributed by atoms with E-state index in [1.54, 1.807) is 40.1 Å². The number of carbonyl (C=O) groups excluding carboxylic acids is 1. The van der Waals surface area contributed by atoms with Crippen molar-refractivity contribution in [2.75, 3.05) is 13.1 Å². The SMILES string of the molecule is Cc1cn2cc(-c3cc(F)c4c(=O)n([C@H]5CCN(C(=O)OC(C)(C)C)C[C@@H]5O)cnc4c3)cc(F)c2n1. The number of amides is 1. The van der Waals surface area contributed by atoms with Crippen LogP contribution in [0.15, 0.2) is 41.7 Å². The van der Waals surface area contributed by atoms with Gasteiger partial charge in [-0.2, -0.15) is 0 Å². The number of piperidine rings is 1. The van der Waals surface area contributed by atoms with E-state index in [1.165, 1.54) is 38.4 Å². The summed E-state index contributed by atoms with van der Waals surface area (Å²) in [5, 5.41) is 10.5. The smallest absolute Gasteiger partial charge is 0.410 e. The molecule has 1 fully saturated rings. The monoisotopic (exact) mass is 511 g/mol. The Labute approximate surface area is 210 Å². The van der Waals surface area contributed by atoms with Gasteiger partial charge in [-0.05, 0) is 57.9 Å². The van der Waals surface area contributed by atoms with Crippen molar-refractivity contribution in [2.24, 2.45) is 0 Å². The number of aryl methyl sites for hydroxylation is 1. The van der Waals surface area contributed by atoms with Crippen molar-refractivity contribution in [1.29, 1.82) is 0 Å². The van der Waals surface area contributed by atoms with Crippen molar-refractivity contribution in [3.05, 3.63) is 64.6 Å². The van der Waals surface area contributed by atoms with Gasteiger partial charge in [0, 0.05) is 24.5 Å².